The Balaban J connectivity index is 1.54. The number of hydrazone groups is 1. The molecule has 0 spiro atoms. The highest BCUT2D eigenvalue weighted by molar-refractivity contribution is 6.30. The van der Waals surface area contributed by atoms with Crippen molar-refractivity contribution in [2.45, 2.75) is 11.8 Å². The first-order valence-electron chi connectivity index (χ1n) is 8.90. The van der Waals surface area contributed by atoms with Crippen LogP contribution in [0.4, 0.5) is 0 Å². The quantitative estimate of drug-likeness (QED) is 0.506. The zero-order chi connectivity index (χ0) is 18.7. The summed E-state index contributed by atoms with van der Waals surface area (Å²) in [5, 5.41) is 4.75. The molecule has 0 saturated heterocycles. The van der Waals surface area contributed by atoms with Gasteiger partial charge in [0.25, 0.3) is 0 Å². The molecule has 0 radical (unpaired) electrons. The molecule has 3 aromatic rings. The van der Waals surface area contributed by atoms with Crippen LogP contribution in [0.3, 0.4) is 0 Å². The molecule has 0 aromatic heterocycles. The van der Waals surface area contributed by atoms with Gasteiger partial charge in [0, 0.05) is 10.4 Å². The van der Waals surface area contributed by atoms with Crippen molar-refractivity contribution in [2.75, 3.05) is 0 Å². The molecule has 3 nitrogen and oxygen atoms in total. The third kappa shape index (κ3) is 3.51. The van der Waals surface area contributed by atoms with E-state index in [1.165, 1.54) is 0 Å². The highest BCUT2D eigenvalue weighted by atomic mass is 35.5. The molecule has 0 bridgehead atoms. The number of carbonyl (C=O) groups is 1. The van der Waals surface area contributed by atoms with Crippen LogP contribution in [0.25, 0.3) is 0 Å². The van der Waals surface area contributed by atoms with E-state index in [4.69, 9.17) is 11.6 Å². The summed E-state index contributed by atoms with van der Waals surface area (Å²) in [5.74, 6) is -0.209. The van der Waals surface area contributed by atoms with E-state index in [1.54, 1.807) is 18.3 Å². The van der Waals surface area contributed by atoms with Gasteiger partial charge in [-0.05, 0) is 35.2 Å². The molecule has 1 fully saturated rings. The highest BCUT2D eigenvalue weighted by Gasteiger charge is 2.60. The lowest BCUT2D eigenvalue weighted by Crippen LogP contribution is -2.25. The minimum absolute atomic E-state index is 0.0685. The van der Waals surface area contributed by atoms with Gasteiger partial charge >= 0.3 is 0 Å². The Labute approximate surface area is 163 Å². The molecule has 0 heterocycles. The molecule has 134 valence electrons. The maximum atomic E-state index is 12.8. The molecular formula is C23H19ClN2O. The number of hydrogen-bond acceptors (Lipinski definition) is 2. The fourth-order valence-electron chi connectivity index (χ4n) is 3.69. The van der Waals surface area contributed by atoms with E-state index in [2.05, 4.69) is 34.8 Å². The summed E-state index contributed by atoms with van der Waals surface area (Å²) < 4.78 is 0. The van der Waals surface area contributed by atoms with Gasteiger partial charge in [0.1, 0.15) is 0 Å². The first-order chi connectivity index (χ1) is 13.2. The van der Waals surface area contributed by atoms with Crippen molar-refractivity contribution in [1.29, 1.82) is 0 Å². The van der Waals surface area contributed by atoms with Crippen LogP contribution in [0.1, 0.15) is 23.1 Å². The minimum Gasteiger partial charge on any atom is -0.273 e. The van der Waals surface area contributed by atoms with E-state index in [0.717, 1.165) is 23.1 Å². The van der Waals surface area contributed by atoms with Gasteiger partial charge in [-0.3, -0.25) is 4.79 Å². The van der Waals surface area contributed by atoms with Gasteiger partial charge in [0.05, 0.1) is 12.1 Å². The average molecular weight is 375 g/mol. The van der Waals surface area contributed by atoms with Crippen LogP contribution in [0.2, 0.25) is 5.02 Å². The first kappa shape index (κ1) is 17.5. The van der Waals surface area contributed by atoms with E-state index in [1.807, 2.05) is 48.5 Å². The Hall–Kier alpha value is -2.91. The molecule has 3 aromatic carbocycles. The fourth-order valence-corrected chi connectivity index (χ4v) is 3.89. The number of halogens is 1. The zero-order valence-corrected chi connectivity index (χ0v) is 15.4. The van der Waals surface area contributed by atoms with Crippen LogP contribution in [0.5, 0.6) is 0 Å². The van der Waals surface area contributed by atoms with Crippen molar-refractivity contribution in [2.24, 2.45) is 11.0 Å². The fraction of sp³-hybridized carbons (Fsp3) is 0.130. The van der Waals surface area contributed by atoms with Gasteiger partial charge in [0.2, 0.25) is 5.91 Å². The third-order valence-electron chi connectivity index (χ3n) is 5.09. The van der Waals surface area contributed by atoms with E-state index in [0.29, 0.717) is 5.02 Å². The second kappa shape index (κ2) is 7.37. The molecule has 1 saturated carbocycles. The molecule has 1 amide bonds. The van der Waals surface area contributed by atoms with Crippen LogP contribution < -0.4 is 5.43 Å². The van der Waals surface area contributed by atoms with Gasteiger partial charge in [-0.2, -0.15) is 5.10 Å². The maximum Gasteiger partial charge on any atom is 0.244 e. The first-order valence-corrected chi connectivity index (χ1v) is 9.27. The molecule has 0 aliphatic heterocycles. The van der Waals surface area contributed by atoms with Crippen LogP contribution in [-0.2, 0) is 10.2 Å². The monoisotopic (exact) mass is 374 g/mol. The molecule has 27 heavy (non-hydrogen) atoms. The molecule has 1 N–H and O–H groups in total. The smallest absolute Gasteiger partial charge is 0.244 e. The van der Waals surface area contributed by atoms with Crippen molar-refractivity contribution in [3.05, 3.63) is 107 Å². The predicted octanol–water partition coefficient (Wildman–Crippen LogP) is 4.80. The number of nitrogens with zero attached hydrogens (tertiary/aromatic N) is 1. The van der Waals surface area contributed by atoms with E-state index in [9.17, 15) is 4.79 Å². The van der Waals surface area contributed by atoms with Gasteiger partial charge in [-0.15, -0.1) is 0 Å². The number of rotatable bonds is 5. The molecule has 1 atom stereocenters. The van der Waals surface area contributed by atoms with Gasteiger partial charge < -0.3 is 0 Å². The van der Waals surface area contributed by atoms with Gasteiger partial charge in [-0.1, -0.05) is 84.4 Å². The highest BCUT2D eigenvalue weighted by Crippen LogP contribution is 2.58. The van der Waals surface area contributed by atoms with Crippen LogP contribution in [0, 0.1) is 5.92 Å². The summed E-state index contributed by atoms with van der Waals surface area (Å²) in [7, 11) is 0. The molecule has 4 heteroatoms. The molecule has 1 unspecified atom stereocenters. The summed E-state index contributed by atoms with van der Waals surface area (Å²) in [6.07, 6.45) is 2.39. The standard InChI is InChI=1S/C23H19ClN2O/c24-20-13-7-8-17(14-20)16-25-26-22(27)21-15-23(21,18-9-3-1-4-10-18)19-11-5-2-6-12-19/h1-14,16,21H,15H2,(H,26,27). The summed E-state index contributed by atoms with van der Waals surface area (Å²) in [5.41, 5.74) is 5.58. The summed E-state index contributed by atoms with van der Waals surface area (Å²) in [6, 6.07) is 27.8. The number of hydrogen-bond donors (Lipinski definition) is 1. The van der Waals surface area contributed by atoms with Crippen LogP contribution in [-0.4, -0.2) is 12.1 Å². The van der Waals surface area contributed by atoms with Gasteiger partial charge in [0.15, 0.2) is 0 Å². The molecule has 4 rings (SSSR count). The van der Waals surface area contributed by atoms with Crippen molar-refractivity contribution in [3.63, 3.8) is 0 Å². The lowest BCUT2D eigenvalue weighted by Gasteiger charge is -2.18. The Bertz CT molecular complexity index is 930. The van der Waals surface area contributed by atoms with Crippen LogP contribution in [0.15, 0.2) is 90.0 Å². The Morgan fingerprint density at radius 3 is 2.19 bits per heavy atom. The number of carbonyl (C=O) groups excluding carboxylic acids is 1. The van der Waals surface area contributed by atoms with Gasteiger partial charge in [-0.25, -0.2) is 5.43 Å². The van der Waals surface area contributed by atoms with Crippen LogP contribution >= 0.6 is 11.6 Å². The number of amides is 1. The minimum atomic E-state index is -0.280. The summed E-state index contributed by atoms with van der Waals surface area (Å²) >= 11 is 5.97. The van der Waals surface area contributed by atoms with Crippen molar-refractivity contribution < 1.29 is 4.79 Å². The Morgan fingerprint density at radius 2 is 1.59 bits per heavy atom. The lowest BCUT2D eigenvalue weighted by molar-refractivity contribution is -0.122. The summed E-state index contributed by atoms with van der Waals surface area (Å²) in [4.78, 5) is 12.8. The van der Waals surface area contributed by atoms with E-state index >= 15 is 0 Å². The van der Waals surface area contributed by atoms with Crippen molar-refractivity contribution >= 4 is 23.7 Å². The van der Waals surface area contributed by atoms with E-state index in [-0.39, 0.29) is 17.2 Å². The normalized spacial score (nSPS) is 17.6. The lowest BCUT2D eigenvalue weighted by atomic mass is 9.85. The van der Waals surface area contributed by atoms with Crippen molar-refractivity contribution in [3.8, 4) is 0 Å². The van der Waals surface area contributed by atoms with Crippen molar-refractivity contribution in [1.82, 2.24) is 5.43 Å². The average Bonchev–Trinajstić information content (AvgIpc) is 3.47. The number of benzene rings is 3. The topological polar surface area (TPSA) is 41.5 Å². The predicted molar refractivity (Wildman–Crippen MR) is 109 cm³/mol. The molecular weight excluding hydrogens is 356 g/mol. The molecule has 1 aliphatic rings. The Morgan fingerprint density at radius 1 is 0.963 bits per heavy atom. The SMILES string of the molecule is O=C(NN=Cc1cccc(Cl)c1)C1CC1(c1ccccc1)c1ccccc1. The zero-order valence-electron chi connectivity index (χ0n) is 14.7. The second-order valence-electron chi connectivity index (χ2n) is 6.75. The maximum absolute atomic E-state index is 12.8. The largest absolute Gasteiger partial charge is 0.273 e. The third-order valence-corrected chi connectivity index (χ3v) is 5.33. The summed E-state index contributed by atoms with van der Waals surface area (Å²) in [6.45, 7) is 0. The number of nitrogens with one attached hydrogen (secondary N) is 1. The molecule has 1 aliphatic carbocycles. The second-order valence-corrected chi connectivity index (χ2v) is 7.19. The Kier molecular flexibility index (Phi) is 4.78. The van der Waals surface area contributed by atoms with E-state index < -0.39 is 0 Å².